The molecule has 130 valence electrons. The second kappa shape index (κ2) is 8.47. The normalized spacial score (nSPS) is 13.7. The van der Waals surface area contributed by atoms with Crippen molar-refractivity contribution in [3.05, 3.63) is 34.9 Å². The predicted octanol–water partition coefficient (Wildman–Crippen LogP) is 2.38. The summed E-state index contributed by atoms with van der Waals surface area (Å²) in [4.78, 5) is 37.2. The van der Waals surface area contributed by atoms with Gasteiger partial charge in [0.25, 0.3) is 0 Å². The molecule has 1 amide bonds. The summed E-state index contributed by atoms with van der Waals surface area (Å²) in [5.41, 5.74) is 2.66. The molecule has 1 aromatic rings. The zero-order valence-electron chi connectivity index (χ0n) is 14.2. The fraction of sp³-hybridized carbons (Fsp3) is 0.500. The van der Waals surface area contributed by atoms with Gasteiger partial charge in [0.05, 0.1) is 13.2 Å². The van der Waals surface area contributed by atoms with Crippen molar-refractivity contribution in [2.24, 2.45) is 0 Å². The van der Waals surface area contributed by atoms with Crippen LogP contribution in [0.25, 0.3) is 0 Å². The van der Waals surface area contributed by atoms with E-state index < -0.39 is 5.97 Å². The van der Waals surface area contributed by atoms with Gasteiger partial charge < -0.3 is 14.4 Å². The highest BCUT2D eigenvalue weighted by Crippen LogP contribution is 2.19. The van der Waals surface area contributed by atoms with E-state index in [4.69, 9.17) is 9.47 Å². The van der Waals surface area contributed by atoms with Crippen LogP contribution in [0.1, 0.15) is 41.8 Å². The molecule has 0 fully saturated rings. The van der Waals surface area contributed by atoms with Crippen LogP contribution >= 0.6 is 0 Å². The van der Waals surface area contributed by atoms with Gasteiger partial charge in [-0.2, -0.15) is 0 Å². The van der Waals surface area contributed by atoms with Gasteiger partial charge in [-0.25, -0.2) is 4.79 Å². The van der Waals surface area contributed by atoms with Gasteiger partial charge in [0.15, 0.2) is 5.78 Å². The molecule has 0 aliphatic carbocycles. The van der Waals surface area contributed by atoms with Crippen LogP contribution in [0.4, 0.5) is 4.79 Å². The first-order valence-corrected chi connectivity index (χ1v) is 8.27. The molecular weight excluding hydrogens is 310 g/mol. The summed E-state index contributed by atoms with van der Waals surface area (Å²) in [5.74, 6) is -0.756. The van der Waals surface area contributed by atoms with E-state index in [1.54, 1.807) is 24.8 Å². The molecule has 2 rings (SSSR count). The summed E-state index contributed by atoms with van der Waals surface area (Å²) in [6, 6.07) is 5.47. The lowest BCUT2D eigenvalue weighted by Gasteiger charge is -2.18. The van der Waals surface area contributed by atoms with E-state index in [9.17, 15) is 14.4 Å². The third-order valence-electron chi connectivity index (χ3n) is 3.97. The van der Waals surface area contributed by atoms with Crippen molar-refractivity contribution in [2.75, 3.05) is 26.3 Å². The zero-order chi connectivity index (χ0) is 17.5. The van der Waals surface area contributed by atoms with E-state index in [1.807, 2.05) is 12.1 Å². The molecule has 1 aliphatic rings. The Morgan fingerprint density at radius 1 is 1.00 bits per heavy atom. The van der Waals surface area contributed by atoms with E-state index in [0.717, 1.165) is 17.5 Å². The summed E-state index contributed by atoms with van der Waals surface area (Å²) in [6.07, 6.45) is 0.834. The lowest BCUT2D eigenvalue weighted by molar-refractivity contribution is -0.141. The second-order valence-corrected chi connectivity index (χ2v) is 5.57. The number of amides is 1. The minimum Gasteiger partial charge on any atom is -0.466 e. The summed E-state index contributed by atoms with van der Waals surface area (Å²) in [6.45, 7) is 5.27. The zero-order valence-corrected chi connectivity index (χ0v) is 14.2. The maximum atomic E-state index is 12.2. The quantitative estimate of drug-likeness (QED) is 0.470. The molecule has 0 N–H and O–H groups in total. The summed E-state index contributed by atoms with van der Waals surface area (Å²) in [7, 11) is 0. The van der Waals surface area contributed by atoms with Crippen LogP contribution < -0.4 is 0 Å². The minimum atomic E-state index is -0.508. The summed E-state index contributed by atoms with van der Waals surface area (Å²) < 4.78 is 9.86. The molecular formula is C18H23NO5. The number of carbonyl (C=O) groups excluding carboxylic acids is 3. The van der Waals surface area contributed by atoms with Gasteiger partial charge in [0, 0.05) is 18.7 Å². The predicted molar refractivity (Wildman–Crippen MR) is 88.0 cm³/mol. The van der Waals surface area contributed by atoms with E-state index in [0.29, 0.717) is 31.7 Å². The Balaban J connectivity index is 2.06. The van der Waals surface area contributed by atoms with Crippen LogP contribution in [0.3, 0.4) is 0 Å². The Kier molecular flexibility index (Phi) is 6.35. The summed E-state index contributed by atoms with van der Waals surface area (Å²) in [5, 5.41) is 0. The average molecular weight is 333 g/mol. The van der Waals surface area contributed by atoms with Crippen LogP contribution in [0, 0.1) is 0 Å². The summed E-state index contributed by atoms with van der Waals surface area (Å²) >= 11 is 0. The molecule has 1 heterocycles. The Hall–Kier alpha value is -2.37. The fourth-order valence-corrected chi connectivity index (χ4v) is 2.74. The van der Waals surface area contributed by atoms with Crippen molar-refractivity contribution in [3.63, 3.8) is 0 Å². The number of fused-ring (bicyclic) bond motifs is 1. The molecule has 0 saturated carbocycles. The van der Waals surface area contributed by atoms with Crippen LogP contribution in [-0.2, 0) is 27.1 Å². The second-order valence-electron chi connectivity index (χ2n) is 5.57. The number of nitrogens with zero attached hydrogens (tertiary/aromatic N) is 1. The molecule has 0 aromatic heterocycles. The third-order valence-corrected chi connectivity index (χ3v) is 3.97. The van der Waals surface area contributed by atoms with E-state index in [1.165, 1.54) is 0 Å². The largest absolute Gasteiger partial charge is 0.466 e. The number of hydrogen-bond donors (Lipinski definition) is 0. The van der Waals surface area contributed by atoms with Gasteiger partial charge in [-0.15, -0.1) is 0 Å². The standard InChI is InChI=1S/C18H23NO5/c1-3-23-17(21)12-16(20)15-6-5-13-7-9-19(18(22)24-4-2)10-8-14(13)11-15/h5-6,11H,3-4,7-10,12H2,1-2H3. The molecule has 0 saturated heterocycles. The number of Topliss-reactive ketones (excluding diaryl/α,β-unsaturated/α-hetero) is 1. The number of ether oxygens (including phenoxy) is 2. The van der Waals surface area contributed by atoms with Gasteiger partial charge in [-0.3, -0.25) is 9.59 Å². The number of ketones is 1. The van der Waals surface area contributed by atoms with Crippen molar-refractivity contribution in [1.29, 1.82) is 0 Å². The SMILES string of the molecule is CCOC(=O)CC(=O)c1ccc2c(c1)CCN(C(=O)OCC)CC2. The van der Waals surface area contributed by atoms with Gasteiger partial charge in [0.2, 0.25) is 0 Å². The minimum absolute atomic E-state index is 0.247. The Morgan fingerprint density at radius 3 is 2.33 bits per heavy atom. The molecule has 1 aromatic carbocycles. The highest BCUT2D eigenvalue weighted by molar-refractivity contribution is 6.06. The lowest BCUT2D eigenvalue weighted by atomic mass is 9.97. The highest BCUT2D eigenvalue weighted by Gasteiger charge is 2.20. The van der Waals surface area contributed by atoms with Crippen molar-refractivity contribution < 1.29 is 23.9 Å². The Labute approximate surface area is 141 Å². The van der Waals surface area contributed by atoms with Gasteiger partial charge in [-0.1, -0.05) is 12.1 Å². The maximum absolute atomic E-state index is 12.2. The first-order chi connectivity index (χ1) is 11.5. The van der Waals surface area contributed by atoms with E-state index >= 15 is 0 Å². The van der Waals surface area contributed by atoms with Crippen molar-refractivity contribution in [2.45, 2.75) is 33.1 Å². The van der Waals surface area contributed by atoms with Crippen LogP contribution in [-0.4, -0.2) is 49.0 Å². The monoisotopic (exact) mass is 333 g/mol. The third kappa shape index (κ3) is 4.57. The topological polar surface area (TPSA) is 72.9 Å². The molecule has 0 radical (unpaired) electrons. The lowest BCUT2D eigenvalue weighted by Crippen LogP contribution is -2.33. The Morgan fingerprint density at radius 2 is 1.67 bits per heavy atom. The average Bonchev–Trinajstić information content (AvgIpc) is 2.77. The molecule has 1 aliphatic heterocycles. The molecule has 6 nitrogen and oxygen atoms in total. The molecule has 6 heteroatoms. The Bertz CT molecular complexity index is 626. The number of carbonyl (C=O) groups is 3. The van der Waals surface area contributed by atoms with E-state index in [2.05, 4.69) is 0 Å². The smallest absolute Gasteiger partial charge is 0.409 e. The first-order valence-electron chi connectivity index (χ1n) is 8.27. The van der Waals surface area contributed by atoms with Crippen molar-refractivity contribution >= 4 is 17.8 Å². The number of hydrogen-bond acceptors (Lipinski definition) is 5. The molecule has 0 unspecified atom stereocenters. The number of esters is 1. The number of benzene rings is 1. The van der Waals surface area contributed by atoms with Crippen LogP contribution in [0.15, 0.2) is 18.2 Å². The van der Waals surface area contributed by atoms with Gasteiger partial charge >= 0.3 is 12.1 Å². The van der Waals surface area contributed by atoms with Gasteiger partial charge in [-0.05, 0) is 43.9 Å². The van der Waals surface area contributed by atoms with Crippen molar-refractivity contribution in [3.8, 4) is 0 Å². The van der Waals surface area contributed by atoms with Crippen molar-refractivity contribution in [1.82, 2.24) is 4.90 Å². The molecule has 0 bridgehead atoms. The maximum Gasteiger partial charge on any atom is 0.409 e. The first kappa shape index (κ1) is 18.0. The van der Waals surface area contributed by atoms with Gasteiger partial charge in [0.1, 0.15) is 6.42 Å². The highest BCUT2D eigenvalue weighted by atomic mass is 16.6. The van der Waals surface area contributed by atoms with Crippen LogP contribution in [0.5, 0.6) is 0 Å². The fourth-order valence-electron chi connectivity index (χ4n) is 2.74. The molecule has 24 heavy (non-hydrogen) atoms. The molecule has 0 spiro atoms. The number of rotatable bonds is 5. The van der Waals surface area contributed by atoms with Crippen LogP contribution in [0.2, 0.25) is 0 Å². The molecule has 0 atom stereocenters. The van der Waals surface area contributed by atoms with E-state index in [-0.39, 0.29) is 24.9 Å².